The van der Waals surface area contributed by atoms with Crippen LogP contribution in [-0.2, 0) is 0 Å². The number of thiophene rings is 1. The molecule has 3 aromatic heterocycles. The molecule has 0 bridgehead atoms. The predicted octanol–water partition coefficient (Wildman–Crippen LogP) is 4.82. The van der Waals surface area contributed by atoms with Crippen molar-refractivity contribution in [2.45, 2.75) is 6.92 Å². The molecule has 0 aliphatic heterocycles. The number of hydrogen-bond acceptors (Lipinski definition) is 6. The largest absolute Gasteiger partial charge is 0.384 e. The molecule has 4 aromatic rings. The highest BCUT2D eigenvalue weighted by atomic mass is 35.5. The lowest BCUT2D eigenvalue weighted by molar-refractivity contribution is 0.586. The number of nitrogens with one attached hydrogen (secondary N) is 1. The molecule has 0 saturated heterocycles. The first-order valence-electron chi connectivity index (χ1n) is 8.10. The number of hydrogen-bond donors (Lipinski definition) is 2. The minimum absolute atomic E-state index is 0.0309. The number of aromatic amines is 1. The Labute approximate surface area is 168 Å². The number of aromatic nitrogens is 4. The van der Waals surface area contributed by atoms with Crippen LogP contribution in [0.25, 0.3) is 32.3 Å². The summed E-state index contributed by atoms with van der Waals surface area (Å²) in [7, 11) is 0. The SMILES string of the molecule is Cc1ccc(-c2c(-c3ncn[nH]3)sc(-c3cc(N)nc(F)c3)c2C#N)c(Cl)c1. The van der Waals surface area contributed by atoms with Crippen LogP contribution in [0.2, 0.25) is 5.02 Å². The van der Waals surface area contributed by atoms with Gasteiger partial charge in [-0.15, -0.1) is 11.3 Å². The lowest BCUT2D eigenvalue weighted by atomic mass is 9.97. The van der Waals surface area contributed by atoms with Gasteiger partial charge in [-0.1, -0.05) is 23.7 Å². The third kappa shape index (κ3) is 3.11. The molecule has 0 spiro atoms. The molecule has 0 saturated carbocycles. The summed E-state index contributed by atoms with van der Waals surface area (Å²) in [5, 5.41) is 17.2. The first-order valence-corrected chi connectivity index (χ1v) is 9.30. The Morgan fingerprint density at radius 1 is 1.25 bits per heavy atom. The van der Waals surface area contributed by atoms with Gasteiger partial charge in [0.15, 0.2) is 5.82 Å². The molecule has 6 nitrogen and oxygen atoms in total. The van der Waals surface area contributed by atoms with E-state index in [-0.39, 0.29) is 5.82 Å². The first-order chi connectivity index (χ1) is 13.5. The number of H-pyrrole nitrogens is 1. The Hall–Kier alpha value is -3.28. The van der Waals surface area contributed by atoms with Crippen molar-refractivity contribution in [1.82, 2.24) is 20.2 Å². The van der Waals surface area contributed by atoms with Gasteiger partial charge in [0.05, 0.1) is 15.3 Å². The van der Waals surface area contributed by atoms with Crippen molar-refractivity contribution < 1.29 is 4.39 Å². The van der Waals surface area contributed by atoms with Gasteiger partial charge in [-0.25, -0.2) is 9.97 Å². The first kappa shape index (κ1) is 18.1. The Kier molecular flexibility index (Phi) is 4.55. The van der Waals surface area contributed by atoms with Crippen LogP contribution in [0.3, 0.4) is 0 Å². The minimum Gasteiger partial charge on any atom is -0.384 e. The van der Waals surface area contributed by atoms with Crippen molar-refractivity contribution in [3.8, 4) is 38.3 Å². The molecular formula is C19H12ClFN6S. The molecule has 3 N–H and O–H groups in total. The van der Waals surface area contributed by atoms with Crippen LogP contribution >= 0.6 is 22.9 Å². The highest BCUT2D eigenvalue weighted by Crippen LogP contribution is 2.48. The zero-order valence-corrected chi connectivity index (χ0v) is 16.1. The molecule has 0 aliphatic carbocycles. The number of aryl methyl sites for hydroxylation is 1. The molecule has 0 unspecified atom stereocenters. The number of nitriles is 1. The van der Waals surface area contributed by atoms with Gasteiger partial charge in [0.25, 0.3) is 0 Å². The third-order valence-electron chi connectivity index (χ3n) is 4.12. The van der Waals surface area contributed by atoms with E-state index < -0.39 is 5.95 Å². The number of anilines is 1. The molecule has 0 radical (unpaired) electrons. The molecule has 0 aliphatic rings. The van der Waals surface area contributed by atoms with Crippen LogP contribution in [0.1, 0.15) is 11.1 Å². The number of nitrogen functional groups attached to an aromatic ring is 1. The van der Waals surface area contributed by atoms with Gasteiger partial charge in [0.1, 0.15) is 18.2 Å². The van der Waals surface area contributed by atoms with Gasteiger partial charge >= 0.3 is 0 Å². The summed E-state index contributed by atoms with van der Waals surface area (Å²) in [5.74, 6) is -0.200. The lowest BCUT2D eigenvalue weighted by Crippen LogP contribution is -1.94. The zero-order chi connectivity index (χ0) is 19.8. The third-order valence-corrected chi connectivity index (χ3v) is 5.68. The van der Waals surface area contributed by atoms with E-state index in [1.165, 1.54) is 29.8 Å². The summed E-state index contributed by atoms with van der Waals surface area (Å²) >= 11 is 7.77. The Balaban J connectivity index is 2.06. The number of benzene rings is 1. The number of pyridine rings is 1. The summed E-state index contributed by atoms with van der Waals surface area (Å²) in [6.07, 6.45) is 1.38. The Morgan fingerprint density at radius 2 is 2.07 bits per heavy atom. The average Bonchev–Trinajstić information content (AvgIpc) is 3.28. The van der Waals surface area contributed by atoms with E-state index in [0.717, 1.165) is 5.56 Å². The van der Waals surface area contributed by atoms with E-state index in [9.17, 15) is 9.65 Å². The Morgan fingerprint density at radius 3 is 2.71 bits per heavy atom. The minimum atomic E-state index is -0.719. The summed E-state index contributed by atoms with van der Waals surface area (Å²) in [6.45, 7) is 1.93. The zero-order valence-electron chi connectivity index (χ0n) is 14.5. The summed E-state index contributed by atoms with van der Waals surface area (Å²) < 4.78 is 13.8. The van der Waals surface area contributed by atoms with E-state index in [0.29, 0.717) is 42.9 Å². The summed E-state index contributed by atoms with van der Waals surface area (Å²) in [4.78, 5) is 9.00. The van der Waals surface area contributed by atoms with Crippen molar-refractivity contribution >= 4 is 28.8 Å². The van der Waals surface area contributed by atoms with Crippen LogP contribution in [0.4, 0.5) is 10.2 Å². The van der Waals surface area contributed by atoms with Crippen molar-refractivity contribution in [2.75, 3.05) is 5.73 Å². The van der Waals surface area contributed by atoms with E-state index in [1.54, 1.807) is 0 Å². The molecule has 28 heavy (non-hydrogen) atoms. The standard InChI is InChI=1S/C19H12ClFN6S/c1-9-2-3-11(13(20)4-9)16-12(7-22)17(10-5-14(21)26-15(23)6-10)28-18(16)19-24-8-25-27-19/h2-6,8H,1H3,(H2,23,26)(H,24,25,27). The van der Waals surface area contributed by atoms with Gasteiger partial charge < -0.3 is 5.73 Å². The highest BCUT2D eigenvalue weighted by molar-refractivity contribution is 7.19. The smallest absolute Gasteiger partial charge is 0.215 e. The van der Waals surface area contributed by atoms with Crippen molar-refractivity contribution in [1.29, 1.82) is 5.26 Å². The van der Waals surface area contributed by atoms with Crippen LogP contribution in [0, 0.1) is 24.2 Å². The highest BCUT2D eigenvalue weighted by Gasteiger charge is 2.25. The van der Waals surface area contributed by atoms with Crippen LogP contribution in [0.5, 0.6) is 0 Å². The summed E-state index contributed by atoms with van der Waals surface area (Å²) in [6, 6.07) is 10.6. The molecule has 138 valence electrons. The fourth-order valence-corrected chi connectivity index (χ4v) is 4.48. The monoisotopic (exact) mass is 410 g/mol. The molecule has 9 heteroatoms. The van der Waals surface area contributed by atoms with Crippen LogP contribution < -0.4 is 5.73 Å². The normalized spacial score (nSPS) is 10.8. The molecule has 0 amide bonds. The maximum atomic E-state index is 13.8. The van der Waals surface area contributed by atoms with Crippen molar-refractivity contribution in [3.63, 3.8) is 0 Å². The van der Waals surface area contributed by atoms with Gasteiger partial charge in [-0.3, -0.25) is 5.10 Å². The number of rotatable bonds is 3. The van der Waals surface area contributed by atoms with Gasteiger partial charge in [-0.2, -0.15) is 14.8 Å². The maximum absolute atomic E-state index is 13.8. The quantitative estimate of drug-likeness (QED) is 0.471. The molecule has 1 aromatic carbocycles. The van der Waals surface area contributed by atoms with Crippen LogP contribution in [-0.4, -0.2) is 20.2 Å². The second-order valence-corrected chi connectivity index (χ2v) is 7.47. The van der Waals surface area contributed by atoms with Crippen LogP contribution in [0.15, 0.2) is 36.7 Å². The topological polar surface area (TPSA) is 104 Å². The predicted molar refractivity (Wildman–Crippen MR) is 107 cm³/mol. The molecule has 0 fully saturated rings. The van der Waals surface area contributed by atoms with Gasteiger partial charge in [-0.05, 0) is 24.6 Å². The Bertz CT molecular complexity index is 1210. The number of nitrogens with zero attached hydrogens (tertiary/aromatic N) is 4. The van der Waals surface area contributed by atoms with E-state index in [1.807, 2.05) is 25.1 Å². The summed E-state index contributed by atoms with van der Waals surface area (Å²) in [5.41, 5.74) is 8.80. The fraction of sp³-hybridized carbons (Fsp3) is 0.0526. The van der Waals surface area contributed by atoms with Gasteiger partial charge in [0.2, 0.25) is 5.95 Å². The second kappa shape index (κ2) is 7.03. The second-order valence-electron chi connectivity index (χ2n) is 6.04. The fourth-order valence-electron chi connectivity index (χ4n) is 2.95. The molecule has 4 rings (SSSR count). The molecular weight excluding hydrogens is 399 g/mol. The van der Waals surface area contributed by atoms with E-state index in [2.05, 4.69) is 26.2 Å². The van der Waals surface area contributed by atoms with Crippen molar-refractivity contribution in [3.05, 3.63) is 58.8 Å². The molecule has 0 atom stereocenters. The van der Waals surface area contributed by atoms with Gasteiger partial charge in [0, 0.05) is 27.8 Å². The molecule has 3 heterocycles. The lowest BCUT2D eigenvalue weighted by Gasteiger charge is -2.07. The van der Waals surface area contributed by atoms with Crippen molar-refractivity contribution in [2.24, 2.45) is 0 Å². The number of nitrogens with two attached hydrogens (primary N) is 1. The van der Waals surface area contributed by atoms with E-state index in [4.69, 9.17) is 17.3 Å². The maximum Gasteiger partial charge on any atom is 0.215 e. The number of halogens is 2. The van der Waals surface area contributed by atoms with E-state index >= 15 is 0 Å². The average molecular weight is 411 g/mol.